The summed E-state index contributed by atoms with van der Waals surface area (Å²) in [5.74, 6) is 0.813. The van der Waals surface area contributed by atoms with E-state index in [9.17, 15) is 5.26 Å². The molecule has 0 unspecified atom stereocenters. The van der Waals surface area contributed by atoms with Gasteiger partial charge >= 0.3 is 29.6 Å². The first kappa shape index (κ1) is 42.8. The van der Waals surface area contributed by atoms with E-state index in [0.717, 1.165) is 70.8 Å². The van der Waals surface area contributed by atoms with Crippen LogP contribution in [0.15, 0.2) is 121 Å². The monoisotopic (exact) mass is 692 g/mol. The molecule has 2 aliphatic heterocycles. The first-order chi connectivity index (χ1) is 23.6. The largest absolute Gasteiger partial charge is 1.00 e. The van der Waals surface area contributed by atoms with Gasteiger partial charge in [-0.25, -0.2) is 0 Å². The SMILES string of the molecule is C.C.N#CC1(c2ccccc2)CCN(Cc2ccccc2)CC1.[N-]=[N+]=[N-].[Na+].c1ccc(CN2CCC(c3ccccc3)(c3nn[nH]n3)CC2)cc1. The Kier molecular flexibility index (Phi) is 18.3. The van der Waals surface area contributed by atoms with Gasteiger partial charge in [0, 0.05) is 26.2 Å². The number of H-pyrrole nitrogens is 1. The van der Waals surface area contributed by atoms with Crippen LogP contribution in [0.4, 0.5) is 0 Å². The molecule has 0 spiro atoms. The smallest absolute Gasteiger partial charge is 0.373 e. The van der Waals surface area contributed by atoms with E-state index < -0.39 is 0 Å². The van der Waals surface area contributed by atoms with Gasteiger partial charge in [0.1, 0.15) is 0 Å². The maximum Gasteiger partial charge on any atom is 1.00 e. The van der Waals surface area contributed by atoms with Crippen molar-refractivity contribution in [2.75, 3.05) is 26.2 Å². The number of likely N-dealkylation sites (tertiary alicyclic amines) is 2. The van der Waals surface area contributed by atoms with Crippen LogP contribution in [0.5, 0.6) is 0 Å². The molecule has 2 saturated heterocycles. The van der Waals surface area contributed by atoms with Crippen molar-refractivity contribution in [2.24, 2.45) is 0 Å². The summed E-state index contributed by atoms with van der Waals surface area (Å²) in [5.41, 5.74) is 18.2. The predicted octanol–water partition coefficient (Wildman–Crippen LogP) is 5.67. The van der Waals surface area contributed by atoms with Crippen LogP contribution in [-0.4, -0.2) is 56.6 Å². The third-order valence-electron chi connectivity index (χ3n) is 9.56. The number of nitrogens with zero attached hydrogens (tertiary/aromatic N) is 9. The van der Waals surface area contributed by atoms with Crippen molar-refractivity contribution in [2.45, 2.75) is 64.5 Å². The number of aromatic nitrogens is 4. The minimum atomic E-state index is -0.297. The van der Waals surface area contributed by atoms with Gasteiger partial charge in [0.05, 0.1) is 16.9 Å². The molecule has 0 amide bonds. The Hall–Kier alpha value is -4.33. The molecule has 5 aromatic rings. The Balaban J connectivity index is 0.000000313. The average Bonchev–Trinajstić information content (AvgIpc) is 3.71. The van der Waals surface area contributed by atoms with Crippen molar-refractivity contribution >= 4 is 0 Å². The maximum atomic E-state index is 9.70. The van der Waals surface area contributed by atoms with Crippen molar-refractivity contribution < 1.29 is 29.6 Å². The quantitative estimate of drug-likeness (QED) is 0.101. The molecule has 260 valence electrons. The van der Waals surface area contributed by atoms with Gasteiger partial charge in [0.25, 0.3) is 0 Å². The summed E-state index contributed by atoms with van der Waals surface area (Å²) in [7, 11) is 0. The number of rotatable bonds is 7. The van der Waals surface area contributed by atoms with Crippen LogP contribution < -0.4 is 29.6 Å². The van der Waals surface area contributed by atoms with Gasteiger partial charge < -0.3 is 11.1 Å². The molecule has 4 aromatic carbocycles. The molecule has 0 saturated carbocycles. The molecule has 0 atom stereocenters. The number of hydrogen-bond acceptors (Lipinski definition) is 6. The van der Waals surface area contributed by atoms with E-state index in [4.69, 9.17) is 11.1 Å². The molecule has 2 aliphatic rings. The molecule has 0 aliphatic carbocycles. The molecule has 11 heteroatoms. The van der Waals surface area contributed by atoms with Crippen molar-refractivity contribution in [1.29, 1.82) is 5.26 Å². The fraction of sp³-hybridized carbons (Fsp3) is 0.350. The number of nitrogens with one attached hydrogen (secondary N) is 1. The Morgan fingerprint density at radius 1 is 0.647 bits per heavy atom. The second-order valence-corrected chi connectivity index (χ2v) is 12.4. The molecule has 0 radical (unpaired) electrons. The molecule has 7 rings (SSSR count). The van der Waals surface area contributed by atoms with Crippen LogP contribution in [0.1, 0.15) is 68.6 Å². The summed E-state index contributed by atoms with van der Waals surface area (Å²) >= 11 is 0. The Bertz CT molecular complexity index is 1710. The van der Waals surface area contributed by atoms with Crippen LogP contribution in [0, 0.1) is 11.3 Å². The van der Waals surface area contributed by atoms with Crippen molar-refractivity contribution in [3.8, 4) is 6.07 Å². The summed E-state index contributed by atoms with van der Waals surface area (Å²) in [4.78, 5) is 6.46. The molecular formula is C40H49N10Na. The molecule has 1 aromatic heterocycles. The normalized spacial score (nSPS) is 15.9. The molecular weight excluding hydrogens is 643 g/mol. The Labute approximate surface area is 325 Å². The van der Waals surface area contributed by atoms with E-state index in [-0.39, 0.29) is 55.2 Å². The maximum absolute atomic E-state index is 9.70. The van der Waals surface area contributed by atoms with Gasteiger partial charge in [0.2, 0.25) is 0 Å². The second-order valence-electron chi connectivity index (χ2n) is 12.4. The zero-order valence-corrected chi connectivity index (χ0v) is 30.1. The second kappa shape index (κ2) is 21.8. The fourth-order valence-electron chi connectivity index (χ4n) is 6.85. The number of tetrazole rings is 1. The summed E-state index contributed by atoms with van der Waals surface area (Å²) in [5, 5.41) is 24.8. The summed E-state index contributed by atoms with van der Waals surface area (Å²) in [6.45, 7) is 6.00. The van der Waals surface area contributed by atoms with E-state index in [0.29, 0.717) is 0 Å². The third kappa shape index (κ3) is 11.3. The number of aromatic amines is 1. The van der Waals surface area contributed by atoms with Crippen LogP contribution >= 0.6 is 0 Å². The van der Waals surface area contributed by atoms with E-state index in [1.165, 1.54) is 27.2 Å². The Morgan fingerprint density at radius 2 is 1.04 bits per heavy atom. The molecule has 1 N–H and O–H groups in total. The van der Waals surface area contributed by atoms with Gasteiger partial charge in [-0.2, -0.15) is 10.5 Å². The minimum absolute atomic E-state index is 0. The number of benzene rings is 4. The van der Waals surface area contributed by atoms with Gasteiger partial charge in [0.15, 0.2) is 5.82 Å². The number of piperidine rings is 2. The molecule has 0 bridgehead atoms. The average molecular weight is 693 g/mol. The fourth-order valence-corrected chi connectivity index (χ4v) is 6.85. The van der Waals surface area contributed by atoms with Crippen LogP contribution in [-0.2, 0) is 23.9 Å². The summed E-state index contributed by atoms with van der Waals surface area (Å²) < 4.78 is 0. The molecule has 10 nitrogen and oxygen atoms in total. The van der Waals surface area contributed by atoms with E-state index >= 15 is 0 Å². The molecule has 51 heavy (non-hydrogen) atoms. The standard InChI is InChI=1S/C19H21N5.C19H20N2.2CH4.N3.Na/c1-3-7-16(8-4-1)15-24-13-11-19(12-14-24,18-20-22-23-21-18)17-9-5-2-6-10-17;20-16-19(18-9-5-2-6-10-18)11-13-21(14-12-19)15-17-7-3-1-4-8-17;;;1-3-2;/h1-10H,11-15H2,(H,20,21,22,23);1-10H,11-15H2;2*1H4;;/q;;;;-1;+1. The minimum Gasteiger partial charge on any atom is -0.373 e. The van der Waals surface area contributed by atoms with Crippen molar-refractivity contribution in [1.82, 2.24) is 30.4 Å². The predicted molar refractivity (Wildman–Crippen MR) is 201 cm³/mol. The van der Waals surface area contributed by atoms with Gasteiger partial charge in [-0.1, -0.05) is 141 Å². The topological polar surface area (TPSA) is 143 Å². The van der Waals surface area contributed by atoms with E-state index in [2.05, 4.69) is 140 Å². The molecule has 3 heterocycles. The van der Waals surface area contributed by atoms with Crippen LogP contribution in [0.2, 0.25) is 0 Å². The van der Waals surface area contributed by atoms with E-state index in [1.807, 2.05) is 18.2 Å². The van der Waals surface area contributed by atoms with Gasteiger partial charge in [-0.05, 0) is 61.0 Å². The van der Waals surface area contributed by atoms with Gasteiger partial charge in [-0.15, -0.1) is 10.2 Å². The number of nitriles is 1. The summed E-state index contributed by atoms with van der Waals surface area (Å²) in [6, 6.07) is 44.7. The van der Waals surface area contributed by atoms with Gasteiger partial charge in [-0.3, -0.25) is 14.7 Å². The van der Waals surface area contributed by atoms with Crippen LogP contribution in [0.3, 0.4) is 0 Å². The van der Waals surface area contributed by atoms with Crippen molar-refractivity contribution in [3.05, 3.63) is 165 Å². The third-order valence-corrected chi connectivity index (χ3v) is 9.56. The first-order valence-corrected chi connectivity index (χ1v) is 16.4. The molecule has 2 fully saturated rings. The first-order valence-electron chi connectivity index (χ1n) is 16.4. The summed E-state index contributed by atoms with van der Waals surface area (Å²) in [6.07, 6.45) is 3.84. The van der Waals surface area contributed by atoms with Crippen LogP contribution in [0.25, 0.3) is 16.0 Å². The Morgan fingerprint density at radius 3 is 1.43 bits per heavy atom. The van der Waals surface area contributed by atoms with E-state index in [1.54, 1.807) is 0 Å². The zero-order valence-electron chi connectivity index (χ0n) is 28.1. The number of hydrogen-bond donors (Lipinski definition) is 1. The zero-order chi connectivity index (χ0) is 33.5. The van der Waals surface area contributed by atoms with Crippen molar-refractivity contribution in [3.63, 3.8) is 0 Å².